The third-order valence-corrected chi connectivity index (χ3v) is 2.88. The largest absolute Gasteiger partial charge is 0.480 e. The Balaban J connectivity index is 2.72. The number of rotatable bonds is 6. The van der Waals surface area contributed by atoms with Gasteiger partial charge in [0.05, 0.1) is 11.8 Å². The van der Waals surface area contributed by atoms with Gasteiger partial charge in [-0.2, -0.15) is 11.8 Å². The molecule has 1 heterocycles. The maximum absolute atomic E-state index is 13.3. The van der Waals surface area contributed by atoms with Gasteiger partial charge in [-0.15, -0.1) is 0 Å². The molecule has 0 spiro atoms. The van der Waals surface area contributed by atoms with Gasteiger partial charge in [0.1, 0.15) is 6.04 Å². The van der Waals surface area contributed by atoms with Crippen LogP contribution in [0.5, 0.6) is 0 Å². The number of aliphatic carboxylic acids is 1. The number of nitrogens with one attached hydrogen (secondary N) is 1. The molecule has 5 nitrogen and oxygen atoms in total. The molecular weight excluding hydrogens is 259 g/mol. The molecule has 0 aliphatic carbocycles. The summed E-state index contributed by atoms with van der Waals surface area (Å²) in [6.07, 6.45) is 4.31. The Morgan fingerprint density at radius 3 is 2.89 bits per heavy atom. The number of hydrogen-bond donors (Lipinski definition) is 2. The van der Waals surface area contributed by atoms with Crippen molar-refractivity contribution in [3.8, 4) is 0 Å². The maximum Gasteiger partial charge on any atom is 0.326 e. The summed E-state index contributed by atoms with van der Waals surface area (Å²) < 4.78 is 13.3. The molecule has 0 saturated heterocycles. The van der Waals surface area contributed by atoms with Gasteiger partial charge in [-0.1, -0.05) is 0 Å². The van der Waals surface area contributed by atoms with Crippen molar-refractivity contribution in [1.29, 1.82) is 0 Å². The van der Waals surface area contributed by atoms with Gasteiger partial charge in [-0.3, -0.25) is 9.78 Å². The first-order valence-corrected chi connectivity index (χ1v) is 6.57. The van der Waals surface area contributed by atoms with E-state index in [-0.39, 0.29) is 12.0 Å². The van der Waals surface area contributed by atoms with Crippen LogP contribution in [0.25, 0.3) is 0 Å². The predicted molar refractivity (Wildman–Crippen MR) is 66.1 cm³/mol. The Kier molecular flexibility index (Phi) is 5.57. The van der Waals surface area contributed by atoms with Crippen molar-refractivity contribution in [2.24, 2.45) is 0 Å². The van der Waals surface area contributed by atoms with Crippen molar-refractivity contribution in [3.63, 3.8) is 0 Å². The SMILES string of the molecule is CSCC[C@H](NC(=O)c1ccncc1F)C(=O)O. The van der Waals surface area contributed by atoms with E-state index in [4.69, 9.17) is 5.11 Å². The summed E-state index contributed by atoms with van der Waals surface area (Å²) in [5, 5.41) is 11.2. The van der Waals surface area contributed by atoms with Crippen molar-refractivity contribution in [2.45, 2.75) is 12.5 Å². The Labute approximate surface area is 108 Å². The van der Waals surface area contributed by atoms with Gasteiger partial charge in [-0.05, 0) is 24.5 Å². The van der Waals surface area contributed by atoms with Crippen LogP contribution in [0.15, 0.2) is 18.5 Å². The van der Waals surface area contributed by atoms with E-state index in [1.807, 2.05) is 6.26 Å². The number of amides is 1. The normalized spacial score (nSPS) is 11.9. The molecule has 1 rings (SSSR count). The molecule has 2 N–H and O–H groups in total. The van der Waals surface area contributed by atoms with Crippen LogP contribution in [0.2, 0.25) is 0 Å². The first-order chi connectivity index (χ1) is 8.56. The number of hydrogen-bond acceptors (Lipinski definition) is 4. The highest BCUT2D eigenvalue weighted by Crippen LogP contribution is 2.06. The lowest BCUT2D eigenvalue weighted by molar-refractivity contribution is -0.139. The monoisotopic (exact) mass is 272 g/mol. The smallest absolute Gasteiger partial charge is 0.326 e. The second kappa shape index (κ2) is 6.95. The molecule has 0 fully saturated rings. The molecule has 0 unspecified atom stereocenters. The van der Waals surface area contributed by atoms with Gasteiger partial charge in [0.2, 0.25) is 0 Å². The van der Waals surface area contributed by atoms with Gasteiger partial charge in [0, 0.05) is 6.20 Å². The van der Waals surface area contributed by atoms with Crippen molar-refractivity contribution in [2.75, 3.05) is 12.0 Å². The first-order valence-electron chi connectivity index (χ1n) is 5.18. The van der Waals surface area contributed by atoms with Gasteiger partial charge >= 0.3 is 5.97 Å². The minimum atomic E-state index is -1.13. The number of nitrogens with zero attached hydrogens (tertiary/aromatic N) is 1. The van der Waals surface area contributed by atoms with Crippen molar-refractivity contribution < 1.29 is 19.1 Å². The van der Waals surface area contributed by atoms with Gasteiger partial charge in [0.15, 0.2) is 5.82 Å². The van der Waals surface area contributed by atoms with Crippen LogP contribution in [-0.2, 0) is 4.79 Å². The fourth-order valence-corrected chi connectivity index (χ4v) is 1.76. The highest BCUT2D eigenvalue weighted by molar-refractivity contribution is 7.98. The lowest BCUT2D eigenvalue weighted by Crippen LogP contribution is -2.41. The lowest BCUT2D eigenvalue weighted by Gasteiger charge is -2.14. The maximum atomic E-state index is 13.3. The Morgan fingerprint density at radius 2 is 2.33 bits per heavy atom. The van der Waals surface area contributed by atoms with E-state index in [1.54, 1.807) is 0 Å². The molecule has 1 aromatic rings. The van der Waals surface area contributed by atoms with Crippen molar-refractivity contribution in [1.82, 2.24) is 10.3 Å². The van der Waals surface area contributed by atoms with Crippen molar-refractivity contribution >= 4 is 23.6 Å². The summed E-state index contributed by atoms with van der Waals surface area (Å²) in [7, 11) is 0. The summed E-state index contributed by atoms with van der Waals surface area (Å²) in [6, 6.07) is 0.190. The van der Waals surface area contributed by atoms with E-state index < -0.39 is 23.7 Å². The third kappa shape index (κ3) is 3.99. The molecule has 1 atom stereocenters. The van der Waals surface area contributed by atoms with Crippen LogP contribution < -0.4 is 5.32 Å². The number of carboxylic acids is 1. The Hall–Kier alpha value is -1.63. The van der Waals surface area contributed by atoms with Gasteiger partial charge < -0.3 is 10.4 Å². The van der Waals surface area contributed by atoms with Crippen LogP contribution in [0, 0.1) is 5.82 Å². The van der Waals surface area contributed by atoms with E-state index in [1.165, 1.54) is 24.0 Å². The highest BCUT2D eigenvalue weighted by atomic mass is 32.2. The molecule has 1 amide bonds. The summed E-state index contributed by atoms with van der Waals surface area (Å²) in [5.41, 5.74) is -0.208. The predicted octanol–water partition coefficient (Wildman–Crippen LogP) is 1.16. The average molecular weight is 272 g/mol. The molecule has 0 aliphatic heterocycles. The summed E-state index contributed by atoms with van der Waals surface area (Å²) in [6.45, 7) is 0. The van der Waals surface area contributed by atoms with Gasteiger partial charge in [-0.25, -0.2) is 9.18 Å². The fourth-order valence-electron chi connectivity index (χ4n) is 1.29. The van der Waals surface area contributed by atoms with Crippen LogP contribution in [-0.4, -0.2) is 40.0 Å². The summed E-state index contributed by atoms with van der Waals surface area (Å²) >= 11 is 1.47. The van der Waals surface area contributed by atoms with E-state index in [9.17, 15) is 14.0 Å². The van der Waals surface area contributed by atoms with Crippen molar-refractivity contribution in [3.05, 3.63) is 29.8 Å². The molecule has 0 aromatic carbocycles. The molecule has 0 aliphatic rings. The van der Waals surface area contributed by atoms with E-state index in [2.05, 4.69) is 10.3 Å². The van der Waals surface area contributed by atoms with Crippen LogP contribution >= 0.6 is 11.8 Å². The minimum Gasteiger partial charge on any atom is -0.480 e. The van der Waals surface area contributed by atoms with E-state index >= 15 is 0 Å². The quantitative estimate of drug-likeness (QED) is 0.812. The average Bonchev–Trinajstić information content (AvgIpc) is 2.34. The molecule has 1 aromatic heterocycles. The second-order valence-electron chi connectivity index (χ2n) is 3.50. The number of carbonyl (C=O) groups excluding carboxylic acids is 1. The van der Waals surface area contributed by atoms with Crippen LogP contribution in [0.1, 0.15) is 16.8 Å². The van der Waals surface area contributed by atoms with Crippen LogP contribution in [0.3, 0.4) is 0 Å². The fraction of sp³-hybridized carbons (Fsp3) is 0.364. The number of halogens is 1. The standard InChI is InChI=1S/C11H13FN2O3S/c1-18-5-3-9(11(16)17)14-10(15)7-2-4-13-6-8(7)12/h2,4,6,9H,3,5H2,1H3,(H,14,15)(H,16,17)/t9-/m0/s1. The first kappa shape index (κ1) is 14.4. The van der Waals surface area contributed by atoms with E-state index in [0.717, 1.165) is 6.20 Å². The third-order valence-electron chi connectivity index (χ3n) is 2.23. The Bertz CT molecular complexity index is 442. The number of carboxylic acid groups (broad SMARTS) is 1. The molecule has 0 bridgehead atoms. The molecule has 0 radical (unpaired) electrons. The molecular formula is C11H13FN2O3S. The second-order valence-corrected chi connectivity index (χ2v) is 4.49. The zero-order valence-electron chi connectivity index (χ0n) is 9.72. The molecule has 98 valence electrons. The minimum absolute atomic E-state index is 0.208. The number of thioether (sulfide) groups is 1. The number of pyridine rings is 1. The molecule has 18 heavy (non-hydrogen) atoms. The molecule has 7 heteroatoms. The Morgan fingerprint density at radius 1 is 1.61 bits per heavy atom. The van der Waals surface area contributed by atoms with Crippen LogP contribution in [0.4, 0.5) is 4.39 Å². The molecule has 0 saturated carbocycles. The number of aromatic nitrogens is 1. The lowest BCUT2D eigenvalue weighted by atomic mass is 10.2. The van der Waals surface area contributed by atoms with Gasteiger partial charge in [0.25, 0.3) is 5.91 Å². The topological polar surface area (TPSA) is 79.3 Å². The number of carbonyl (C=O) groups is 2. The van der Waals surface area contributed by atoms with E-state index in [0.29, 0.717) is 5.75 Å². The zero-order chi connectivity index (χ0) is 13.5. The summed E-state index contributed by atoms with van der Waals surface area (Å²) in [5.74, 6) is -2.06. The zero-order valence-corrected chi connectivity index (χ0v) is 10.5. The summed E-state index contributed by atoms with van der Waals surface area (Å²) in [4.78, 5) is 26.1. The highest BCUT2D eigenvalue weighted by Gasteiger charge is 2.21.